The minimum atomic E-state index is 0.153. The Labute approximate surface area is 166 Å². The number of fused-ring (bicyclic) bond motifs is 2. The number of aromatic nitrogens is 3. The van der Waals surface area contributed by atoms with Crippen LogP contribution in [-0.2, 0) is 17.9 Å². The number of ether oxygens (including phenoxy) is 1. The van der Waals surface area contributed by atoms with Crippen molar-refractivity contribution in [2.24, 2.45) is 5.92 Å². The van der Waals surface area contributed by atoms with Gasteiger partial charge >= 0.3 is 0 Å². The van der Waals surface area contributed by atoms with Crippen molar-refractivity contribution in [1.82, 2.24) is 24.6 Å². The summed E-state index contributed by atoms with van der Waals surface area (Å²) in [6, 6.07) is 8.32. The first kappa shape index (κ1) is 18.9. The third-order valence-corrected chi connectivity index (χ3v) is 5.55. The van der Waals surface area contributed by atoms with E-state index in [1.807, 2.05) is 30.0 Å². The third-order valence-electron chi connectivity index (χ3n) is 5.55. The van der Waals surface area contributed by atoms with Crippen LogP contribution < -0.4 is 4.74 Å². The molecule has 3 heterocycles. The molecular weight excluding hydrogens is 354 g/mol. The van der Waals surface area contributed by atoms with E-state index in [1.54, 1.807) is 0 Å². The van der Waals surface area contributed by atoms with Gasteiger partial charge in [-0.25, -0.2) is 0 Å². The van der Waals surface area contributed by atoms with Crippen molar-refractivity contribution in [2.75, 3.05) is 26.2 Å². The molecule has 150 valence electrons. The van der Waals surface area contributed by atoms with Crippen molar-refractivity contribution < 1.29 is 9.53 Å². The molecular formula is C21H29N5O2. The molecule has 0 N–H and O–H groups in total. The quantitative estimate of drug-likeness (QED) is 0.811. The Hall–Kier alpha value is -2.41. The predicted octanol–water partition coefficient (Wildman–Crippen LogP) is 2.41. The van der Waals surface area contributed by atoms with Gasteiger partial charge in [-0.1, -0.05) is 32.0 Å². The van der Waals surface area contributed by atoms with Crippen LogP contribution in [0.1, 0.15) is 43.5 Å². The number of carbonyl (C=O) groups is 1. The smallest absolute Gasteiger partial charge is 0.237 e. The summed E-state index contributed by atoms with van der Waals surface area (Å²) in [6.07, 6.45) is 1.01. The fourth-order valence-electron chi connectivity index (χ4n) is 4.29. The van der Waals surface area contributed by atoms with E-state index in [9.17, 15) is 4.79 Å². The van der Waals surface area contributed by atoms with E-state index >= 15 is 0 Å². The number of para-hydroxylation sites is 1. The molecule has 0 spiro atoms. The summed E-state index contributed by atoms with van der Waals surface area (Å²) >= 11 is 0. The average Bonchev–Trinajstić information content (AvgIpc) is 2.91. The van der Waals surface area contributed by atoms with E-state index < -0.39 is 0 Å². The Bertz CT molecular complexity index is 847. The lowest BCUT2D eigenvalue weighted by Crippen LogP contribution is -2.46. The second-order valence-corrected chi connectivity index (χ2v) is 8.26. The molecule has 2 aliphatic rings. The number of hydrogen-bond donors (Lipinski definition) is 0. The molecule has 4 rings (SSSR count). The van der Waals surface area contributed by atoms with Gasteiger partial charge < -0.3 is 14.2 Å². The first-order chi connectivity index (χ1) is 13.5. The van der Waals surface area contributed by atoms with E-state index in [0.29, 0.717) is 25.6 Å². The normalized spacial score (nSPS) is 19.7. The molecule has 2 aromatic rings. The van der Waals surface area contributed by atoms with Gasteiger partial charge in [0.15, 0.2) is 5.82 Å². The van der Waals surface area contributed by atoms with Gasteiger partial charge in [0, 0.05) is 25.2 Å². The fraction of sp³-hybridized carbons (Fsp3) is 0.571. The average molecular weight is 383 g/mol. The van der Waals surface area contributed by atoms with Crippen molar-refractivity contribution >= 4 is 5.91 Å². The Morgan fingerprint density at radius 1 is 1.25 bits per heavy atom. The number of hydrogen-bond acceptors (Lipinski definition) is 5. The fourth-order valence-corrected chi connectivity index (χ4v) is 4.29. The van der Waals surface area contributed by atoms with Crippen LogP contribution in [0.3, 0.4) is 0 Å². The molecule has 1 aromatic carbocycles. The van der Waals surface area contributed by atoms with E-state index in [1.165, 1.54) is 0 Å². The second kappa shape index (κ2) is 7.91. The Balaban J connectivity index is 1.46. The molecule has 0 bridgehead atoms. The second-order valence-electron chi connectivity index (χ2n) is 8.26. The van der Waals surface area contributed by atoms with Gasteiger partial charge in [-0.05, 0) is 25.3 Å². The van der Waals surface area contributed by atoms with Crippen molar-refractivity contribution in [2.45, 2.75) is 46.3 Å². The monoisotopic (exact) mass is 383 g/mol. The summed E-state index contributed by atoms with van der Waals surface area (Å²) in [5.41, 5.74) is 1.14. The maximum Gasteiger partial charge on any atom is 0.237 e. The summed E-state index contributed by atoms with van der Waals surface area (Å²) in [5, 5.41) is 8.57. The van der Waals surface area contributed by atoms with Crippen LogP contribution in [0.15, 0.2) is 24.3 Å². The first-order valence-electron chi connectivity index (χ1n) is 10.1. The SMILES string of the molecule is Cc1nnc2n1[C@@H](CC(C)C)CN(C(=O)CN1CCOc3ccccc3C1)C2. The van der Waals surface area contributed by atoms with Gasteiger partial charge in [0.25, 0.3) is 0 Å². The Morgan fingerprint density at radius 2 is 2.07 bits per heavy atom. The van der Waals surface area contributed by atoms with Crippen molar-refractivity contribution in [3.63, 3.8) is 0 Å². The first-order valence-corrected chi connectivity index (χ1v) is 10.1. The van der Waals surface area contributed by atoms with Crippen LogP contribution >= 0.6 is 0 Å². The molecule has 2 aliphatic heterocycles. The highest BCUT2D eigenvalue weighted by Crippen LogP contribution is 2.28. The summed E-state index contributed by atoms with van der Waals surface area (Å²) in [6.45, 7) is 10.2. The summed E-state index contributed by atoms with van der Waals surface area (Å²) < 4.78 is 8.05. The largest absolute Gasteiger partial charge is 0.492 e. The molecule has 1 atom stereocenters. The van der Waals surface area contributed by atoms with Crippen molar-refractivity contribution in [3.8, 4) is 5.75 Å². The molecule has 0 radical (unpaired) electrons. The lowest BCUT2D eigenvalue weighted by atomic mass is 10.0. The van der Waals surface area contributed by atoms with E-state index in [-0.39, 0.29) is 11.9 Å². The van der Waals surface area contributed by atoms with Crippen LogP contribution in [0, 0.1) is 12.8 Å². The van der Waals surface area contributed by atoms with Crippen LogP contribution in [0.4, 0.5) is 0 Å². The zero-order chi connectivity index (χ0) is 19.7. The molecule has 0 unspecified atom stereocenters. The van der Waals surface area contributed by atoms with E-state index in [0.717, 1.165) is 49.0 Å². The molecule has 28 heavy (non-hydrogen) atoms. The third kappa shape index (κ3) is 3.90. The maximum absolute atomic E-state index is 13.1. The van der Waals surface area contributed by atoms with Gasteiger partial charge in [0.2, 0.25) is 5.91 Å². The van der Waals surface area contributed by atoms with Crippen molar-refractivity contribution in [3.05, 3.63) is 41.5 Å². The lowest BCUT2D eigenvalue weighted by Gasteiger charge is -2.36. The highest BCUT2D eigenvalue weighted by atomic mass is 16.5. The topological polar surface area (TPSA) is 63.5 Å². The molecule has 1 amide bonds. The zero-order valence-electron chi connectivity index (χ0n) is 17.0. The molecule has 0 fully saturated rings. The molecule has 7 nitrogen and oxygen atoms in total. The van der Waals surface area contributed by atoms with Gasteiger partial charge in [0.05, 0.1) is 19.1 Å². The van der Waals surface area contributed by atoms with E-state index in [2.05, 4.69) is 39.6 Å². The van der Waals surface area contributed by atoms with Crippen LogP contribution in [0.5, 0.6) is 5.75 Å². The molecule has 1 aromatic heterocycles. The maximum atomic E-state index is 13.1. The van der Waals surface area contributed by atoms with Crippen molar-refractivity contribution in [1.29, 1.82) is 0 Å². The minimum Gasteiger partial charge on any atom is -0.492 e. The van der Waals surface area contributed by atoms with Crippen LogP contribution in [0.2, 0.25) is 0 Å². The van der Waals surface area contributed by atoms with Crippen LogP contribution in [-0.4, -0.2) is 56.7 Å². The lowest BCUT2D eigenvalue weighted by molar-refractivity contribution is -0.134. The number of amides is 1. The Kier molecular flexibility index (Phi) is 5.35. The van der Waals surface area contributed by atoms with E-state index in [4.69, 9.17) is 4.74 Å². The number of rotatable bonds is 4. The zero-order valence-corrected chi connectivity index (χ0v) is 17.0. The summed E-state index contributed by atoms with van der Waals surface area (Å²) in [5.74, 6) is 3.46. The number of aryl methyl sites for hydroxylation is 1. The Morgan fingerprint density at radius 3 is 2.89 bits per heavy atom. The minimum absolute atomic E-state index is 0.153. The van der Waals surface area contributed by atoms with Gasteiger partial charge in [0.1, 0.15) is 18.2 Å². The van der Waals surface area contributed by atoms with Crippen LogP contribution in [0.25, 0.3) is 0 Å². The number of nitrogens with zero attached hydrogens (tertiary/aromatic N) is 5. The highest BCUT2D eigenvalue weighted by molar-refractivity contribution is 5.78. The molecule has 7 heteroatoms. The predicted molar refractivity (Wildman–Crippen MR) is 106 cm³/mol. The molecule has 0 saturated carbocycles. The number of carbonyl (C=O) groups excluding carboxylic acids is 1. The highest BCUT2D eigenvalue weighted by Gasteiger charge is 2.31. The standard InChI is InChI=1S/C21H29N5O2/c1-15(2)10-18-12-25(13-20-23-22-16(3)26(18)20)21(27)14-24-8-9-28-19-7-5-4-6-17(19)11-24/h4-7,15,18H,8-14H2,1-3H3/t18-/m0/s1. The number of benzene rings is 1. The summed E-state index contributed by atoms with van der Waals surface area (Å²) in [4.78, 5) is 17.3. The molecule has 0 aliphatic carbocycles. The summed E-state index contributed by atoms with van der Waals surface area (Å²) in [7, 11) is 0. The van der Waals surface area contributed by atoms with Gasteiger partial charge in [-0.15, -0.1) is 10.2 Å². The van der Waals surface area contributed by atoms with Gasteiger partial charge in [-0.3, -0.25) is 9.69 Å². The van der Waals surface area contributed by atoms with Gasteiger partial charge in [-0.2, -0.15) is 0 Å². The molecule has 0 saturated heterocycles.